The number of benzene rings is 1. The first-order valence-electron chi connectivity index (χ1n) is 5.48. The molecule has 0 atom stereocenters. The number of phenolic OH excluding ortho intramolecular Hbond substituents is 1. The van der Waals surface area contributed by atoms with Crippen LogP contribution < -0.4 is 0 Å². The minimum absolute atomic E-state index is 0.00639. The third kappa shape index (κ3) is 2.75. The second kappa shape index (κ2) is 5.29. The molecule has 0 radical (unpaired) electrons. The standard InChI is InChI=1S/C11H15NO3S2/c13-10-4-1-2-5-11(10)17(14,15)12-6-3-8-16-9-7-12/h1-2,4-5,13H,3,6-9H2. The second-order valence-corrected chi connectivity index (χ2v) is 6.97. The van der Waals surface area contributed by atoms with Crippen LogP contribution in [0.3, 0.4) is 0 Å². The predicted octanol–water partition coefficient (Wildman–Crippen LogP) is 1.52. The van der Waals surface area contributed by atoms with Crippen LogP contribution in [0, 0.1) is 0 Å². The molecular formula is C11H15NO3S2. The van der Waals surface area contributed by atoms with Gasteiger partial charge in [-0.25, -0.2) is 8.42 Å². The highest BCUT2D eigenvalue weighted by Gasteiger charge is 2.27. The van der Waals surface area contributed by atoms with Crippen LogP contribution in [0.25, 0.3) is 0 Å². The molecule has 0 saturated carbocycles. The zero-order valence-electron chi connectivity index (χ0n) is 9.37. The number of sulfonamides is 1. The number of phenols is 1. The Morgan fingerprint density at radius 1 is 1.18 bits per heavy atom. The minimum Gasteiger partial charge on any atom is -0.507 e. The number of hydrogen-bond donors (Lipinski definition) is 1. The van der Waals surface area contributed by atoms with Gasteiger partial charge in [-0.2, -0.15) is 16.1 Å². The van der Waals surface area contributed by atoms with Crippen LogP contribution in [0.15, 0.2) is 29.2 Å². The van der Waals surface area contributed by atoms with Crippen LogP contribution in [0.2, 0.25) is 0 Å². The quantitative estimate of drug-likeness (QED) is 0.887. The molecule has 1 heterocycles. The normalized spacial score (nSPS) is 18.8. The molecule has 17 heavy (non-hydrogen) atoms. The van der Waals surface area contributed by atoms with E-state index in [1.54, 1.807) is 23.9 Å². The molecule has 1 aromatic rings. The van der Waals surface area contributed by atoms with Crippen molar-refractivity contribution in [1.82, 2.24) is 4.31 Å². The van der Waals surface area contributed by atoms with Crippen LogP contribution in [0.1, 0.15) is 6.42 Å². The van der Waals surface area contributed by atoms with Gasteiger partial charge in [0.15, 0.2) is 0 Å². The summed E-state index contributed by atoms with van der Waals surface area (Å²) in [6.45, 7) is 1.05. The van der Waals surface area contributed by atoms with Gasteiger partial charge >= 0.3 is 0 Å². The lowest BCUT2D eigenvalue weighted by atomic mass is 10.3. The molecule has 1 aliphatic rings. The maximum Gasteiger partial charge on any atom is 0.246 e. The number of aromatic hydroxyl groups is 1. The zero-order chi connectivity index (χ0) is 12.3. The third-order valence-corrected chi connectivity index (χ3v) is 5.66. The highest BCUT2D eigenvalue weighted by atomic mass is 32.2. The monoisotopic (exact) mass is 273 g/mol. The average Bonchev–Trinajstić information content (AvgIpc) is 2.58. The van der Waals surface area contributed by atoms with Crippen LogP contribution in [0.4, 0.5) is 0 Å². The summed E-state index contributed by atoms with van der Waals surface area (Å²) in [5.41, 5.74) is 0. The molecule has 1 saturated heterocycles. The van der Waals surface area contributed by atoms with E-state index in [0.717, 1.165) is 17.9 Å². The summed E-state index contributed by atoms with van der Waals surface area (Å²) >= 11 is 1.77. The maximum absolute atomic E-state index is 12.3. The first-order chi connectivity index (χ1) is 8.12. The van der Waals surface area contributed by atoms with Crippen molar-refractivity contribution in [2.45, 2.75) is 11.3 Å². The summed E-state index contributed by atoms with van der Waals surface area (Å²) in [6.07, 6.45) is 0.859. The van der Waals surface area contributed by atoms with Gasteiger partial charge in [-0.1, -0.05) is 12.1 Å². The van der Waals surface area contributed by atoms with Gasteiger partial charge in [0, 0.05) is 18.8 Å². The summed E-state index contributed by atoms with van der Waals surface area (Å²) in [5.74, 6) is 1.63. The Morgan fingerprint density at radius 3 is 2.71 bits per heavy atom. The molecule has 94 valence electrons. The maximum atomic E-state index is 12.3. The van der Waals surface area contributed by atoms with E-state index in [0.29, 0.717) is 13.1 Å². The van der Waals surface area contributed by atoms with Gasteiger partial charge in [-0.15, -0.1) is 0 Å². The SMILES string of the molecule is O=S(=O)(c1ccccc1O)N1CCCSCC1. The second-order valence-electron chi connectivity index (χ2n) is 3.84. The molecule has 4 nitrogen and oxygen atoms in total. The summed E-state index contributed by atoms with van der Waals surface area (Å²) in [5, 5.41) is 9.64. The Kier molecular flexibility index (Phi) is 3.96. The molecule has 2 rings (SSSR count). The van der Waals surface area contributed by atoms with E-state index in [1.165, 1.54) is 16.4 Å². The summed E-state index contributed by atoms with van der Waals surface area (Å²) in [6, 6.07) is 6.09. The van der Waals surface area contributed by atoms with Crippen molar-refractivity contribution in [2.75, 3.05) is 24.6 Å². The number of rotatable bonds is 2. The number of nitrogens with zero attached hydrogens (tertiary/aromatic N) is 1. The number of hydrogen-bond acceptors (Lipinski definition) is 4. The molecule has 0 unspecified atom stereocenters. The fourth-order valence-corrected chi connectivity index (χ4v) is 4.34. The van der Waals surface area contributed by atoms with Crippen LogP contribution in [-0.4, -0.2) is 42.4 Å². The fraction of sp³-hybridized carbons (Fsp3) is 0.455. The third-order valence-electron chi connectivity index (χ3n) is 2.66. The van der Waals surface area contributed by atoms with Gasteiger partial charge in [0.25, 0.3) is 0 Å². The summed E-state index contributed by atoms with van der Waals surface area (Å²) in [7, 11) is -3.55. The van der Waals surface area contributed by atoms with Gasteiger partial charge in [-0.05, 0) is 24.3 Å². The first-order valence-corrected chi connectivity index (χ1v) is 8.08. The van der Waals surface area contributed by atoms with Crippen LogP contribution in [0.5, 0.6) is 5.75 Å². The fourth-order valence-electron chi connectivity index (χ4n) is 1.78. The first kappa shape index (κ1) is 12.7. The van der Waals surface area contributed by atoms with Crippen molar-refractivity contribution in [3.05, 3.63) is 24.3 Å². The largest absolute Gasteiger partial charge is 0.507 e. The van der Waals surface area contributed by atoms with Crippen LogP contribution in [-0.2, 0) is 10.0 Å². The molecule has 1 aliphatic heterocycles. The van der Waals surface area contributed by atoms with E-state index in [1.807, 2.05) is 0 Å². The molecule has 0 aliphatic carbocycles. The van der Waals surface area contributed by atoms with E-state index in [2.05, 4.69) is 0 Å². The molecule has 0 aromatic heterocycles. The van der Waals surface area contributed by atoms with E-state index in [-0.39, 0.29) is 10.6 Å². The Bertz CT molecular complexity index is 479. The summed E-state index contributed by atoms with van der Waals surface area (Å²) < 4.78 is 26.1. The number of thioether (sulfide) groups is 1. The van der Waals surface area contributed by atoms with Crippen molar-refractivity contribution in [3.8, 4) is 5.75 Å². The topological polar surface area (TPSA) is 57.6 Å². The molecular weight excluding hydrogens is 258 g/mol. The van der Waals surface area contributed by atoms with Crippen molar-refractivity contribution in [3.63, 3.8) is 0 Å². The van der Waals surface area contributed by atoms with E-state index >= 15 is 0 Å². The average molecular weight is 273 g/mol. The lowest BCUT2D eigenvalue weighted by Gasteiger charge is -2.19. The number of para-hydroxylation sites is 1. The highest BCUT2D eigenvalue weighted by molar-refractivity contribution is 7.99. The molecule has 0 amide bonds. The molecule has 1 N–H and O–H groups in total. The van der Waals surface area contributed by atoms with Crippen molar-refractivity contribution < 1.29 is 13.5 Å². The van der Waals surface area contributed by atoms with Crippen molar-refractivity contribution >= 4 is 21.8 Å². The van der Waals surface area contributed by atoms with Crippen molar-refractivity contribution in [2.24, 2.45) is 0 Å². The minimum atomic E-state index is -3.55. The van der Waals surface area contributed by atoms with E-state index in [4.69, 9.17) is 0 Å². The predicted molar refractivity (Wildman–Crippen MR) is 68.8 cm³/mol. The Hall–Kier alpha value is -0.720. The Morgan fingerprint density at radius 2 is 1.94 bits per heavy atom. The van der Waals surface area contributed by atoms with Gasteiger partial charge < -0.3 is 5.11 Å². The molecule has 0 spiro atoms. The lowest BCUT2D eigenvalue weighted by Crippen LogP contribution is -2.33. The van der Waals surface area contributed by atoms with Crippen molar-refractivity contribution in [1.29, 1.82) is 0 Å². The smallest absolute Gasteiger partial charge is 0.246 e. The molecule has 1 fully saturated rings. The Balaban J connectivity index is 2.32. The van der Waals surface area contributed by atoms with Gasteiger partial charge in [-0.3, -0.25) is 0 Å². The molecule has 0 bridgehead atoms. The van der Waals surface area contributed by atoms with Crippen LogP contribution >= 0.6 is 11.8 Å². The molecule has 1 aromatic carbocycles. The molecule has 6 heteroatoms. The zero-order valence-corrected chi connectivity index (χ0v) is 11.0. The van der Waals surface area contributed by atoms with Gasteiger partial charge in [0.1, 0.15) is 10.6 Å². The van der Waals surface area contributed by atoms with E-state index < -0.39 is 10.0 Å². The Labute approximate surface area is 106 Å². The highest BCUT2D eigenvalue weighted by Crippen LogP contribution is 2.26. The van der Waals surface area contributed by atoms with Gasteiger partial charge in [0.2, 0.25) is 10.0 Å². The summed E-state index contributed by atoms with van der Waals surface area (Å²) in [4.78, 5) is 0.00639. The van der Waals surface area contributed by atoms with Gasteiger partial charge in [0.05, 0.1) is 0 Å². The van der Waals surface area contributed by atoms with E-state index in [9.17, 15) is 13.5 Å². The lowest BCUT2D eigenvalue weighted by molar-refractivity contribution is 0.422.